The van der Waals surface area contributed by atoms with Crippen LogP contribution >= 0.6 is 0 Å². The van der Waals surface area contributed by atoms with E-state index in [1.54, 1.807) is 6.92 Å². The minimum atomic E-state index is -3.57. The van der Waals surface area contributed by atoms with Crippen molar-refractivity contribution in [2.45, 2.75) is 11.8 Å². The summed E-state index contributed by atoms with van der Waals surface area (Å²) >= 11 is 0. The molecular formula is C14H17NO5S. The van der Waals surface area contributed by atoms with E-state index in [4.69, 9.17) is 9.84 Å². The van der Waals surface area contributed by atoms with Crippen LogP contribution in [0.15, 0.2) is 23.1 Å². The Labute approximate surface area is 123 Å². The zero-order valence-electron chi connectivity index (χ0n) is 11.7. The van der Waals surface area contributed by atoms with Crippen molar-refractivity contribution in [2.24, 2.45) is 11.8 Å². The van der Waals surface area contributed by atoms with Gasteiger partial charge >= 0.3 is 5.97 Å². The lowest BCUT2D eigenvalue weighted by Gasteiger charge is -2.19. The van der Waals surface area contributed by atoms with Crippen molar-refractivity contribution in [1.29, 1.82) is 0 Å². The first-order chi connectivity index (χ1) is 9.89. The second-order valence-corrected chi connectivity index (χ2v) is 7.57. The van der Waals surface area contributed by atoms with Crippen LogP contribution in [0.3, 0.4) is 0 Å². The molecule has 6 nitrogen and oxygen atoms in total. The Morgan fingerprint density at radius 1 is 1.29 bits per heavy atom. The summed E-state index contributed by atoms with van der Waals surface area (Å²) in [5.74, 6) is -0.508. The summed E-state index contributed by atoms with van der Waals surface area (Å²) in [5, 5.41) is 8.95. The number of aromatic carboxylic acids is 1. The lowest BCUT2D eigenvalue weighted by molar-refractivity contribution is 0.0696. The first-order valence-electron chi connectivity index (χ1n) is 6.81. The van der Waals surface area contributed by atoms with Gasteiger partial charge in [-0.3, -0.25) is 0 Å². The molecule has 0 saturated carbocycles. The largest absolute Gasteiger partial charge is 0.478 e. The fraction of sp³-hybridized carbons (Fsp3) is 0.500. The van der Waals surface area contributed by atoms with E-state index in [-0.39, 0.29) is 22.3 Å². The van der Waals surface area contributed by atoms with E-state index in [9.17, 15) is 13.2 Å². The highest BCUT2D eigenvalue weighted by molar-refractivity contribution is 7.89. The predicted octanol–water partition coefficient (Wildman–Crippen LogP) is 0.960. The number of carboxylic acid groups (broad SMARTS) is 1. The van der Waals surface area contributed by atoms with Gasteiger partial charge in [-0.2, -0.15) is 4.31 Å². The van der Waals surface area contributed by atoms with Crippen molar-refractivity contribution in [3.63, 3.8) is 0 Å². The van der Waals surface area contributed by atoms with E-state index < -0.39 is 16.0 Å². The number of aryl methyl sites for hydroxylation is 1. The van der Waals surface area contributed by atoms with Crippen LogP contribution in [0.5, 0.6) is 0 Å². The fourth-order valence-electron chi connectivity index (χ4n) is 3.05. The monoisotopic (exact) mass is 311 g/mol. The van der Waals surface area contributed by atoms with Gasteiger partial charge in [0, 0.05) is 24.9 Å². The maximum absolute atomic E-state index is 12.7. The zero-order chi connectivity index (χ0) is 15.2. The van der Waals surface area contributed by atoms with Crippen LogP contribution in [0, 0.1) is 18.8 Å². The summed E-state index contributed by atoms with van der Waals surface area (Å²) < 4.78 is 32.3. The summed E-state index contributed by atoms with van der Waals surface area (Å²) in [6.07, 6.45) is 0. The molecule has 0 aliphatic carbocycles. The van der Waals surface area contributed by atoms with Crippen LogP contribution in [-0.2, 0) is 14.8 Å². The van der Waals surface area contributed by atoms with E-state index in [2.05, 4.69) is 0 Å². The van der Waals surface area contributed by atoms with Gasteiger partial charge in [-0.25, -0.2) is 13.2 Å². The van der Waals surface area contributed by atoms with E-state index >= 15 is 0 Å². The molecule has 0 unspecified atom stereocenters. The number of sulfonamides is 1. The van der Waals surface area contributed by atoms with Crippen LogP contribution in [0.4, 0.5) is 0 Å². The first kappa shape index (κ1) is 14.5. The van der Waals surface area contributed by atoms with Crippen LogP contribution in [0.2, 0.25) is 0 Å². The first-order valence-corrected chi connectivity index (χ1v) is 8.25. The van der Waals surface area contributed by atoms with Crippen LogP contribution < -0.4 is 0 Å². The van der Waals surface area contributed by atoms with Gasteiger partial charge in [-0.15, -0.1) is 0 Å². The highest BCUT2D eigenvalue weighted by atomic mass is 32.2. The third-order valence-corrected chi connectivity index (χ3v) is 6.24. The van der Waals surface area contributed by atoms with Gasteiger partial charge in [-0.1, -0.05) is 0 Å². The lowest BCUT2D eigenvalue weighted by Crippen LogP contribution is -2.31. The molecule has 2 heterocycles. The molecular weight excluding hydrogens is 294 g/mol. The molecule has 1 N–H and O–H groups in total. The van der Waals surface area contributed by atoms with E-state index in [1.807, 2.05) is 0 Å². The quantitative estimate of drug-likeness (QED) is 0.899. The molecule has 2 atom stereocenters. The predicted molar refractivity (Wildman–Crippen MR) is 74.7 cm³/mol. The van der Waals surface area contributed by atoms with Crippen molar-refractivity contribution in [1.82, 2.24) is 4.31 Å². The van der Waals surface area contributed by atoms with E-state index in [1.165, 1.54) is 22.5 Å². The zero-order valence-corrected chi connectivity index (χ0v) is 12.5. The molecule has 1 aromatic rings. The van der Waals surface area contributed by atoms with Gasteiger partial charge in [0.1, 0.15) is 0 Å². The second kappa shape index (κ2) is 5.08. The molecule has 114 valence electrons. The third kappa shape index (κ3) is 2.45. The minimum absolute atomic E-state index is 0.0955. The summed E-state index contributed by atoms with van der Waals surface area (Å²) in [6.45, 7) is 3.82. The Balaban J connectivity index is 1.90. The molecule has 1 aromatic carbocycles. The number of nitrogens with zero attached hydrogens (tertiary/aromatic N) is 1. The van der Waals surface area contributed by atoms with E-state index in [0.29, 0.717) is 31.9 Å². The normalized spacial score (nSPS) is 26.0. The van der Waals surface area contributed by atoms with Gasteiger partial charge in [0.25, 0.3) is 0 Å². The number of carbonyl (C=O) groups is 1. The Morgan fingerprint density at radius 3 is 2.43 bits per heavy atom. The molecule has 2 aliphatic rings. The molecule has 2 fully saturated rings. The minimum Gasteiger partial charge on any atom is -0.478 e. The van der Waals surface area contributed by atoms with Crippen molar-refractivity contribution < 1.29 is 23.1 Å². The smallest absolute Gasteiger partial charge is 0.335 e. The molecule has 0 radical (unpaired) electrons. The average molecular weight is 311 g/mol. The number of hydrogen-bond acceptors (Lipinski definition) is 4. The molecule has 0 aromatic heterocycles. The molecule has 21 heavy (non-hydrogen) atoms. The lowest BCUT2D eigenvalue weighted by atomic mass is 10.0. The number of benzene rings is 1. The molecule has 2 aliphatic heterocycles. The Morgan fingerprint density at radius 2 is 1.90 bits per heavy atom. The van der Waals surface area contributed by atoms with Crippen molar-refractivity contribution in [3.05, 3.63) is 29.3 Å². The Bertz CT molecular complexity index is 673. The summed E-state index contributed by atoms with van der Waals surface area (Å²) in [5.41, 5.74) is 0.557. The molecule has 0 spiro atoms. The van der Waals surface area contributed by atoms with Crippen LogP contribution in [0.1, 0.15) is 15.9 Å². The number of ether oxygens (including phenoxy) is 1. The maximum atomic E-state index is 12.7. The number of carboxylic acids is 1. The van der Waals surface area contributed by atoms with Crippen molar-refractivity contribution >= 4 is 16.0 Å². The number of fused-ring (bicyclic) bond motifs is 1. The average Bonchev–Trinajstić information content (AvgIpc) is 2.98. The molecule has 3 rings (SSSR count). The molecule has 7 heteroatoms. The number of hydrogen-bond donors (Lipinski definition) is 1. The summed E-state index contributed by atoms with van der Waals surface area (Å²) in [7, 11) is -3.57. The van der Waals surface area contributed by atoms with E-state index in [0.717, 1.165) is 0 Å². The fourth-order valence-corrected chi connectivity index (χ4v) is 4.81. The van der Waals surface area contributed by atoms with Crippen LogP contribution in [-0.4, -0.2) is 50.1 Å². The van der Waals surface area contributed by atoms with Crippen LogP contribution in [0.25, 0.3) is 0 Å². The highest BCUT2D eigenvalue weighted by Gasteiger charge is 2.42. The highest BCUT2D eigenvalue weighted by Crippen LogP contribution is 2.33. The Kier molecular flexibility index (Phi) is 3.51. The van der Waals surface area contributed by atoms with Gasteiger partial charge in [0.15, 0.2) is 0 Å². The summed E-state index contributed by atoms with van der Waals surface area (Å²) in [6, 6.07) is 4.12. The SMILES string of the molecule is Cc1cc(C(=O)O)ccc1S(=O)(=O)N1C[C@H]2COC[C@H]2C1. The van der Waals surface area contributed by atoms with Gasteiger partial charge < -0.3 is 9.84 Å². The van der Waals surface area contributed by atoms with Gasteiger partial charge in [0.2, 0.25) is 10.0 Å². The van der Waals surface area contributed by atoms with Gasteiger partial charge in [-0.05, 0) is 30.7 Å². The maximum Gasteiger partial charge on any atom is 0.335 e. The standard InChI is InChI=1S/C14H17NO5S/c1-9-4-10(14(16)17)2-3-13(9)21(18,19)15-5-11-7-20-8-12(11)6-15/h2-4,11-12H,5-8H2,1H3,(H,16,17)/t11-,12+. The second-order valence-electron chi connectivity index (χ2n) is 5.67. The third-order valence-electron chi connectivity index (χ3n) is 4.25. The van der Waals surface area contributed by atoms with Gasteiger partial charge in [0.05, 0.1) is 23.7 Å². The summed E-state index contributed by atoms with van der Waals surface area (Å²) in [4.78, 5) is 11.1. The number of rotatable bonds is 3. The molecule has 0 bridgehead atoms. The van der Waals surface area contributed by atoms with Crippen molar-refractivity contribution in [3.8, 4) is 0 Å². The topological polar surface area (TPSA) is 83.9 Å². The molecule has 0 amide bonds. The molecule has 2 saturated heterocycles. The van der Waals surface area contributed by atoms with Crippen molar-refractivity contribution in [2.75, 3.05) is 26.3 Å². The Hall–Kier alpha value is -1.44.